The van der Waals surface area contributed by atoms with Crippen LogP contribution in [-0.2, 0) is 0 Å². The van der Waals surface area contributed by atoms with Crippen LogP contribution in [0.2, 0.25) is 0 Å². The second-order valence-electron chi connectivity index (χ2n) is 5.29. The number of rotatable bonds is 8. The van der Waals surface area contributed by atoms with Gasteiger partial charge in [0.05, 0.1) is 6.61 Å². The molecule has 0 aliphatic heterocycles. The zero-order valence-electron chi connectivity index (χ0n) is 11.6. The lowest BCUT2D eigenvalue weighted by atomic mass is 10.1. The van der Waals surface area contributed by atoms with Crippen LogP contribution in [0.5, 0.6) is 5.75 Å². The third-order valence-corrected chi connectivity index (χ3v) is 3.57. The minimum atomic E-state index is 0.363. The molecule has 1 unspecified atom stereocenters. The Morgan fingerprint density at radius 2 is 2.11 bits per heavy atom. The Balaban J connectivity index is 1.90. The predicted octanol–water partition coefficient (Wildman–Crippen LogP) is 3.93. The van der Waals surface area contributed by atoms with Crippen molar-refractivity contribution >= 4 is 0 Å². The molecule has 0 saturated heterocycles. The maximum atomic E-state index is 5.95. The van der Waals surface area contributed by atoms with Crippen LogP contribution < -0.4 is 10.1 Å². The molecule has 0 amide bonds. The summed E-state index contributed by atoms with van der Waals surface area (Å²) < 4.78 is 5.95. The van der Waals surface area contributed by atoms with Crippen LogP contribution in [0.25, 0.3) is 0 Å². The average Bonchev–Trinajstić information content (AvgIpc) is 3.20. The van der Waals surface area contributed by atoms with Crippen molar-refractivity contribution in [2.45, 2.75) is 45.6 Å². The fraction of sp³-hybridized carbons (Fsp3) is 0.625. The van der Waals surface area contributed by atoms with Gasteiger partial charge in [0.15, 0.2) is 0 Å². The van der Waals surface area contributed by atoms with Crippen LogP contribution in [0.4, 0.5) is 0 Å². The maximum Gasteiger partial charge on any atom is 0.124 e. The van der Waals surface area contributed by atoms with E-state index >= 15 is 0 Å². The molecule has 0 spiro atoms. The van der Waals surface area contributed by atoms with Crippen LogP contribution in [-0.4, -0.2) is 13.2 Å². The highest BCUT2D eigenvalue weighted by molar-refractivity contribution is 5.35. The highest BCUT2D eigenvalue weighted by Gasteiger charge is 2.21. The summed E-state index contributed by atoms with van der Waals surface area (Å²) in [5, 5.41) is 3.52. The zero-order valence-corrected chi connectivity index (χ0v) is 11.6. The molecule has 1 fully saturated rings. The fourth-order valence-electron chi connectivity index (χ4n) is 2.18. The number of benzene rings is 1. The number of ether oxygens (including phenoxy) is 1. The molecule has 1 atom stereocenters. The molecule has 2 rings (SSSR count). The molecule has 0 radical (unpaired) electrons. The molecule has 0 bridgehead atoms. The van der Waals surface area contributed by atoms with Crippen LogP contribution in [0.1, 0.15) is 51.1 Å². The molecule has 100 valence electrons. The third-order valence-electron chi connectivity index (χ3n) is 3.57. The molecule has 1 aromatic carbocycles. The highest BCUT2D eigenvalue weighted by atomic mass is 16.5. The third kappa shape index (κ3) is 4.02. The highest BCUT2D eigenvalue weighted by Crippen LogP contribution is 2.33. The number of nitrogens with one attached hydrogen (secondary N) is 1. The standard InChI is InChI=1S/C16H25NO/c1-3-11-17-13(2)15-6-4-5-7-16(15)18-12-10-14-8-9-14/h4-7,13-14,17H,3,8-12H2,1-2H3. The summed E-state index contributed by atoms with van der Waals surface area (Å²) in [4.78, 5) is 0. The van der Waals surface area contributed by atoms with E-state index in [9.17, 15) is 0 Å². The van der Waals surface area contributed by atoms with Gasteiger partial charge in [-0.1, -0.05) is 38.0 Å². The Kier molecular flexibility index (Phi) is 5.06. The van der Waals surface area contributed by atoms with Gasteiger partial charge in [-0.2, -0.15) is 0 Å². The molecule has 0 aromatic heterocycles. The minimum absolute atomic E-state index is 0.363. The minimum Gasteiger partial charge on any atom is -0.493 e. The first-order chi connectivity index (χ1) is 8.81. The van der Waals surface area contributed by atoms with E-state index in [4.69, 9.17) is 4.74 Å². The number of para-hydroxylation sites is 1. The molecular formula is C16H25NO. The second-order valence-corrected chi connectivity index (χ2v) is 5.29. The lowest BCUT2D eigenvalue weighted by Gasteiger charge is -2.18. The molecule has 1 aromatic rings. The summed E-state index contributed by atoms with van der Waals surface area (Å²) in [7, 11) is 0. The summed E-state index contributed by atoms with van der Waals surface area (Å²) in [6.07, 6.45) is 5.18. The molecule has 18 heavy (non-hydrogen) atoms. The van der Waals surface area contributed by atoms with Crippen molar-refractivity contribution in [3.8, 4) is 5.75 Å². The molecule has 1 aliphatic rings. The molecule has 2 heteroatoms. The molecule has 2 nitrogen and oxygen atoms in total. The van der Waals surface area contributed by atoms with Crippen molar-refractivity contribution in [3.05, 3.63) is 29.8 Å². The van der Waals surface area contributed by atoms with Gasteiger partial charge in [-0.25, -0.2) is 0 Å². The zero-order chi connectivity index (χ0) is 12.8. The Hall–Kier alpha value is -1.02. The van der Waals surface area contributed by atoms with Crippen LogP contribution in [0.3, 0.4) is 0 Å². The SMILES string of the molecule is CCCNC(C)c1ccccc1OCCC1CC1. The monoisotopic (exact) mass is 247 g/mol. The van der Waals surface area contributed by atoms with Crippen molar-refractivity contribution < 1.29 is 4.74 Å². The number of hydrogen-bond donors (Lipinski definition) is 1. The van der Waals surface area contributed by atoms with E-state index in [2.05, 4.69) is 43.4 Å². The summed E-state index contributed by atoms with van der Waals surface area (Å²) in [6, 6.07) is 8.77. The predicted molar refractivity (Wildman–Crippen MR) is 76.0 cm³/mol. The van der Waals surface area contributed by atoms with Crippen LogP contribution in [0.15, 0.2) is 24.3 Å². The first kappa shape index (κ1) is 13.4. The molecule has 1 saturated carbocycles. The molecular weight excluding hydrogens is 222 g/mol. The van der Waals surface area contributed by atoms with Gasteiger partial charge in [-0.15, -0.1) is 0 Å². The van der Waals surface area contributed by atoms with Gasteiger partial charge in [-0.3, -0.25) is 0 Å². The average molecular weight is 247 g/mol. The number of hydrogen-bond acceptors (Lipinski definition) is 2. The van der Waals surface area contributed by atoms with Crippen molar-refractivity contribution in [2.75, 3.05) is 13.2 Å². The molecule has 1 aliphatic carbocycles. The largest absolute Gasteiger partial charge is 0.493 e. The second kappa shape index (κ2) is 6.79. The van der Waals surface area contributed by atoms with Crippen molar-refractivity contribution in [3.63, 3.8) is 0 Å². The van der Waals surface area contributed by atoms with Gasteiger partial charge < -0.3 is 10.1 Å². The van der Waals surface area contributed by atoms with Gasteiger partial charge in [-0.05, 0) is 38.3 Å². The summed E-state index contributed by atoms with van der Waals surface area (Å²) in [5.74, 6) is 1.99. The van der Waals surface area contributed by atoms with Crippen molar-refractivity contribution in [2.24, 2.45) is 5.92 Å². The van der Waals surface area contributed by atoms with Crippen LogP contribution in [0, 0.1) is 5.92 Å². The lowest BCUT2D eigenvalue weighted by molar-refractivity contribution is 0.296. The maximum absolute atomic E-state index is 5.95. The first-order valence-corrected chi connectivity index (χ1v) is 7.26. The van der Waals surface area contributed by atoms with E-state index in [1.54, 1.807) is 0 Å². The van der Waals surface area contributed by atoms with Gasteiger partial charge >= 0.3 is 0 Å². The van der Waals surface area contributed by atoms with E-state index in [0.717, 1.165) is 31.2 Å². The quantitative estimate of drug-likeness (QED) is 0.751. The first-order valence-electron chi connectivity index (χ1n) is 7.26. The van der Waals surface area contributed by atoms with Crippen molar-refractivity contribution in [1.29, 1.82) is 0 Å². The van der Waals surface area contributed by atoms with Gasteiger partial charge in [0, 0.05) is 11.6 Å². The van der Waals surface area contributed by atoms with E-state index < -0.39 is 0 Å². The van der Waals surface area contributed by atoms with Gasteiger partial charge in [0.25, 0.3) is 0 Å². The topological polar surface area (TPSA) is 21.3 Å². The Bertz CT molecular complexity index is 360. The van der Waals surface area contributed by atoms with E-state index in [1.807, 2.05) is 0 Å². The van der Waals surface area contributed by atoms with Gasteiger partial charge in [0.1, 0.15) is 5.75 Å². The summed E-state index contributed by atoms with van der Waals surface area (Å²) in [6.45, 7) is 6.32. The van der Waals surface area contributed by atoms with E-state index in [-0.39, 0.29) is 0 Å². The summed E-state index contributed by atoms with van der Waals surface area (Å²) >= 11 is 0. The van der Waals surface area contributed by atoms with Gasteiger partial charge in [0.2, 0.25) is 0 Å². The Labute approximate surface area is 111 Å². The summed E-state index contributed by atoms with van der Waals surface area (Å²) in [5.41, 5.74) is 1.28. The van der Waals surface area contributed by atoms with E-state index in [0.29, 0.717) is 6.04 Å². The lowest BCUT2D eigenvalue weighted by Crippen LogP contribution is -2.20. The Morgan fingerprint density at radius 1 is 1.33 bits per heavy atom. The van der Waals surface area contributed by atoms with E-state index in [1.165, 1.54) is 24.8 Å². The fourth-order valence-corrected chi connectivity index (χ4v) is 2.18. The molecule has 0 heterocycles. The normalized spacial score (nSPS) is 16.6. The van der Waals surface area contributed by atoms with Crippen molar-refractivity contribution in [1.82, 2.24) is 5.32 Å². The Morgan fingerprint density at radius 3 is 2.83 bits per heavy atom. The smallest absolute Gasteiger partial charge is 0.124 e. The molecule has 1 N–H and O–H groups in total. The van der Waals surface area contributed by atoms with Crippen LogP contribution >= 0.6 is 0 Å².